The van der Waals surface area contributed by atoms with Gasteiger partial charge < -0.3 is 11.1 Å². The van der Waals surface area contributed by atoms with Crippen LogP contribution in [0.5, 0.6) is 0 Å². The molecule has 0 aliphatic rings. The molecule has 1 amide bonds. The van der Waals surface area contributed by atoms with Crippen molar-refractivity contribution in [3.63, 3.8) is 0 Å². The van der Waals surface area contributed by atoms with Crippen molar-refractivity contribution in [2.75, 3.05) is 13.1 Å². The van der Waals surface area contributed by atoms with Crippen LogP contribution in [0.15, 0.2) is 0 Å². The van der Waals surface area contributed by atoms with E-state index in [-0.39, 0.29) is 11.8 Å². The summed E-state index contributed by atoms with van der Waals surface area (Å²) in [6.45, 7) is 5.24. The maximum Gasteiger partial charge on any atom is 0.219 e. The van der Waals surface area contributed by atoms with Gasteiger partial charge in [-0.2, -0.15) is 0 Å². The van der Waals surface area contributed by atoms with Crippen molar-refractivity contribution < 1.29 is 9.59 Å². The van der Waals surface area contributed by atoms with Gasteiger partial charge in [0.2, 0.25) is 5.91 Å². The molecule has 0 spiro atoms. The van der Waals surface area contributed by atoms with Crippen LogP contribution in [0, 0.1) is 5.92 Å². The molecular weight excluding hydrogens is 228 g/mol. The molecule has 0 unspecified atom stereocenters. The van der Waals surface area contributed by atoms with E-state index in [4.69, 9.17) is 5.73 Å². The molecule has 0 heterocycles. The summed E-state index contributed by atoms with van der Waals surface area (Å²) in [5, 5.41) is 2.89. The summed E-state index contributed by atoms with van der Waals surface area (Å²) in [6, 6.07) is 0. The Morgan fingerprint density at radius 1 is 1.00 bits per heavy atom. The van der Waals surface area contributed by atoms with Gasteiger partial charge in [-0.15, -0.1) is 0 Å². The highest BCUT2D eigenvalue weighted by Crippen LogP contribution is 2.05. The Morgan fingerprint density at radius 3 is 2.28 bits per heavy atom. The third kappa shape index (κ3) is 10.3. The second kappa shape index (κ2) is 11.2. The van der Waals surface area contributed by atoms with Crippen LogP contribution in [0.4, 0.5) is 0 Å². The van der Waals surface area contributed by atoms with Gasteiger partial charge in [0.1, 0.15) is 5.78 Å². The van der Waals surface area contributed by atoms with E-state index in [1.807, 2.05) is 13.8 Å². The highest BCUT2D eigenvalue weighted by atomic mass is 16.1. The fraction of sp³-hybridized carbons (Fsp3) is 0.857. The van der Waals surface area contributed by atoms with E-state index in [2.05, 4.69) is 5.32 Å². The maximum atomic E-state index is 11.4. The van der Waals surface area contributed by atoms with Crippen LogP contribution in [0.1, 0.15) is 58.8 Å². The molecule has 18 heavy (non-hydrogen) atoms. The van der Waals surface area contributed by atoms with Crippen LogP contribution >= 0.6 is 0 Å². The number of hydrogen-bond donors (Lipinski definition) is 2. The average molecular weight is 256 g/mol. The van der Waals surface area contributed by atoms with Crippen molar-refractivity contribution in [3.05, 3.63) is 0 Å². The molecule has 0 radical (unpaired) electrons. The second-order valence-electron chi connectivity index (χ2n) is 5.03. The van der Waals surface area contributed by atoms with Crippen LogP contribution in [-0.4, -0.2) is 24.8 Å². The number of nitrogens with one attached hydrogen (secondary N) is 1. The summed E-state index contributed by atoms with van der Waals surface area (Å²) in [5.41, 5.74) is 5.36. The number of carbonyl (C=O) groups excluding carboxylic acids is 2. The molecule has 106 valence electrons. The highest BCUT2D eigenvalue weighted by Gasteiger charge is 2.06. The van der Waals surface area contributed by atoms with E-state index in [0.717, 1.165) is 38.6 Å². The van der Waals surface area contributed by atoms with E-state index < -0.39 is 0 Å². The van der Waals surface area contributed by atoms with Crippen LogP contribution < -0.4 is 11.1 Å². The lowest BCUT2D eigenvalue weighted by atomic mass is 10.0. The third-order valence-corrected chi connectivity index (χ3v) is 2.92. The molecule has 0 atom stereocenters. The Morgan fingerprint density at radius 2 is 1.67 bits per heavy atom. The highest BCUT2D eigenvalue weighted by molar-refractivity contribution is 5.80. The minimum absolute atomic E-state index is 0.113. The summed E-state index contributed by atoms with van der Waals surface area (Å²) in [6.07, 6.45) is 5.90. The first-order valence-corrected chi connectivity index (χ1v) is 7.07. The molecule has 0 rings (SSSR count). The number of carbonyl (C=O) groups is 2. The molecule has 0 aliphatic heterocycles. The lowest BCUT2D eigenvalue weighted by Crippen LogP contribution is -2.24. The molecule has 0 fully saturated rings. The first kappa shape index (κ1) is 17.1. The van der Waals surface area contributed by atoms with Crippen LogP contribution in [0.3, 0.4) is 0 Å². The van der Waals surface area contributed by atoms with Gasteiger partial charge in [0.15, 0.2) is 0 Å². The van der Waals surface area contributed by atoms with Crippen LogP contribution in [-0.2, 0) is 9.59 Å². The SMILES string of the molecule is CC(C)C(=O)CCCCCNC(=O)CCCCN. The predicted molar refractivity (Wildman–Crippen MR) is 74.2 cm³/mol. The maximum absolute atomic E-state index is 11.4. The van der Waals surface area contributed by atoms with E-state index in [1.54, 1.807) is 0 Å². The summed E-state index contributed by atoms with van der Waals surface area (Å²) in [4.78, 5) is 22.7. The zero-order valence-electron chi connectivity index (χ0n) is 11.8. The van der Waals surface area contributed by atoms with Crippen molar-refractivity contribution in [1.29, 1.82) is 0 Å². The van der Waals surface area contributed by atoms with Gasteiger partial charge in [0.05, 0.1) is 0 Å². The summed E-state index contributed by atoms with van der Waals surface area (Å²) in [7, 11) is 0. The molecule has 0 saturated heterocycles. The first-order chi connectivity index (χ1) is 8.57. The lowest BCUT2D eigenvalue weighted by molar-refractivity contribution is -0.122. The van der Waals surface area contributed by atoms with Crippen molar-refractivity contribution in [2.24, 2.45) is 11.7 Å². The Hall–Kier alpha value is -0.900. The number of hydrogen-bond acceptors (Lipinski definition) is 3. The number of amides is 1. The Labute approximate surface area is 111 Å². The fourth-order valence-electron chi connectivity index (χ4n) is 1.64. The van der Waals surface area contributed by atoms with Gasteiger partial charge in [-0.1, -0.05) is 20.3 Å². The lowest BCUT2D eigenvalue weighted by Gasteiger charge is -2.06. The van der Waals surface area contributed by atoms with Gasteiger partial charge >= 0.3 is 0 Å². The number of rotatable bonds is 11. The van der Waals surface area contributed by atoms with Gasteiger partial charge in [0, 0.05) is 25.3 Å². The normalized spacial score (nSPS) is 10.7. The van der Waals surface area contributed by atoms with Crippen LogP contribution in [0.25, 0.3) is 0 Å². The second-order valence-corrected chi connectivity index (χ2v) is 5.03. The van der Waals surface area contributed by atoms with Crippen LogP contribution in [0.2, 0.25) is 0 Å². The third-order valence-electron chi connectivity index (χ3n) is 2.92. The van der Waals surface area contributed by atoms with E-state index >= 15 is 0 Å². The summed E-state index contributed by atoms with van der Waals surface area (Å²) in [5.74, 6) is 0.592. The molecule has 0 aromatic carbocycles. The van der Waals surface area contributed by atoms with Gasteiger partial charge in [-0.3, -0.25) is 9.59 Å². The molecular formula is C14H28N2O2. The number of nitrogens with two attached hydrogens (primary N) is 1. The largest absolute Gasteiger partial charge is 0.356 e. The van der Waals surface area contributed by atoms with Gasteiger partial charge in [-0.25, -0.2) is 0 Å². The number of ketones is 1. The summed E-state index contributed by atoms with van der Waals surface area (Å²) < 4.78 is 0. The molecule has 0 saturated carbocycles. The first-order valence-electron chi connectivity index (χ1n) is 7.07. The monoisotopic (exact) mass is 256 g/mol. The summed E-state index contributed by atoms with van der Waals surface area (Å²) >= 11 is 0. The van der Waals surface area contributed by atoms with Crippen molar-refractivity contribution in [3.8, 4) is 0 Å². The van der Waals surface area contributed by atoms with Crippen molar-refractivity contribution in [2.45, 2.75) is 58.8 Å². The zero-order valence-corrected chi connectivity index (χ0v) is 11.8. The average Bonchev–Trinajstić information content (AvgIpc) is 2.33. The molecule has 0 aliphatic carbocycles. The molecule has 0 bridgehead atoms. The minimum atomic E-state index is 0.113. The molecule has 4 nitrogen and oxygen atoms in total. The van der Waals surface area contributed by atoms with E-state index in [9.17, 15) is 9.59 Å². The van der Waals surface area contributed by atoms with Gasteiger partial charge in [0.25, 0.3) is 0 Å². The Bertz CT molecular complexity index is 240. The molecule has 0 aromatic heterocycles. The number of unbranched alkanes of at least 4 members (excludes halogenated alkanes) is 3. The predicted octanol–water partition coefficient (Wildman–Crippen LogP) is 2.02. The van der Waals surface area contributed by atoms with Gasteiger partial charge in [-0.05, 0) is 32.2 Å². The quantitative estimate of drug-likeness (QED) is 0.555. The molecule has 3 N–H and O–H groups in total. The molecule has 0 aromatic rings. The standard InChI is InChI=1S/C14H28N2O2/c1-12(2)13(17)8-4-3-7-11-16-14(18)9-5-6-10-15/h12H,3-11,15H2,1-2H3,(H,16,18). The van der Waals surface area contributed by atoms with E-state index in [1.165, 1.54) is 0 Å². The number of Topliss-reactive ketones (excluding diaryl/α,β-unsaturated/α-hetero) is 1. The van der Waals surface area contributed by atoms with E-state index in [0.29, 0.717) is 25.2 Å². The Kier molecular flexibility index (Phi) is 10.6. The smallest absolute Gasteiger partial charge is 0.219 e. The van der Waals surface area contributed by atoms with Crippen molar-refractivity contribution in [1.82, 2.24) is 5.32 Å². The fourth-order valence-corrected chi connectivity index (χ4v) is 1.64. The topological polar surface area (TPSA) is 72.2 Å². The Balaban J connectivity index is 3.29. The van der Waals surface area contributed by atoms with Crippen molar-refractivity contribution >= 4 is 11.7 Å². The minimum Gasteiger partial charge on any atom is -0.356 e. The zero-order chi connectivity index (χ0) is 13.8. The molecule has 4 heteroatoms.